The Morgan fingerprint density at radius 3 is 2.37 bits per heavy atom. The van der Waals surface area contributed by atoms with Crippen LogP contribution in [0, 0.1) is 0 Å². The second-order valence-electron chi connectivity index (χ2n) is 9.77. The third-order valence-corrected chi connectivity index (χ3v) is 7.78. The van der Waals surface area contributed by atoms with Crippen molar-refractivity contribution in [1.29, 1.82) is 0 Å². The fourth-order valence-corrected chi connectivity index (χ4v) is 5.65. The van der Waals surface area contributed by atoms with Crippen LogP contribution in [0.15, 0.2) is 65.1 Å². The summed E-state index contributed by atoms with van der Waals surface area (Å²) in [4.78, 5) is 18.1. The number of nitrogens with zero attached hydrogens (tertiary/aromatic N) is 3. The second kappa shape index (κ2) is 11.4. The van der Waals surface area contributed by atoms with Gasteiger partial charge in [-0.25, -0.2) is 4.58 Å². The zero-order chi connectivity index (χ0) is 26.6. The maximum atomic E-state index is 13.8. The van der Waals surface area contributed by atoms with Gasteiger partial charge in [-0.3, -0.25) is 4.79 Å². The Hall–Kier alpha value is -3.64. The Morgan fingerprint density at radius 2 is 1.66 bits per heavy atom. The summed E-state index contributed by atoms with van der Waals surface area (Å²) in [6.45, 7) is 15.5. The van der Waals surface area contributed by atoms with Crippen LogP contribution in [0.5, 0.6) is 0 Å². The van der Waals surface area contributed by atoms with Gasteiger partial charge in [0.15, 0.2) is 0 Å². The first kappa shape index (κ1) is 26.0. The third kappa shape index (κ3) is 4.81. The molecule has 198 valence electrons. The molecule has 2 aromatic rings. The Kier molecular flexibility index (Phi) is 7.79. The molecule has 5 rings (SSSR count). The van der Waals surface area contributed by atoms with Crippen LogP contribution >= 0.6 is 0 Å². The average molecular weight is 512 g/mol. The molecule has 0 saturated carbocycles. The van der Waals surface area contributed by atoms with Gasteiger partial charge >= 0.3 is 0 Å². The SMILES string of the molecule is CCN(CC)c1ccc2c(-c3ccccc3C(=O)N3CCNCC3)c3ccc(=[N+](CC)CC)cc-3oc2c1. The van der Waals surface area contributed by atoms with Crippen LogP contribution in [-0.4, -0.2) is 63.2 Å². The van der Waals surface area contributed by atoms with Crippen molar-refractivity contribution in [3.05, 3.63) is 71.6 Å². The topological polar surface area (TPSA) is 51.7 Å². The normalized spacial score (nSPS) is 13.7. The number of rotatable bonds is 7. The van der Waals surface area contributed by atoms with E-state index in [0.717, 1.165) is 102 Å². The molecule has 1 amide bonds. The number of benzene rings is 3. The molecule has 3 aliphatic rings. The molecule has 1 N–H and O–H groups in total. The number of anilines is 1. The Balaban J connectivity index is 1.80. The van der Waals surface area contributed by atoms with E-state index < -0.39 is 0 Å². The predicted molar refractivity (Wildman–Crippen MR) is 157 cm³/mol. The van der Waals surface area contributed by atoms with Gasteiger partial charge in [-0.15, -0.1) is 0 Å². The summed E-state index contributed by atoms with van der Waals surface area (Å²) in [7, 11) is 0. The van der Waals surface area contributed by atoms with Crippen LogP contribution in [0.4, 0.5) is 5.69 Å². The fourth-order valence-electron chi connectivity index (χ4n) is 5.65. The van der Waals surface area contributed by atoms with Gasteiger partial charge in [0.25, 0.3) is 5.91 Å². The van der Waals surface area contributed by atoms with Crippen molar-refractivity contribution in [3.63, 3.8) is 0 Å². The number of hydrogen-bond donors (Lipinski definition) is 1. The van der Waals surface area contributed by atoms with Crippen LogP contribution < -0.4 is 20.1 Å². The van der Waals surface area contributed by atoms with Gasteiger partial charge in [-0.1, -0.05) is 18.2 Å². The van der Waals surface area contributed by atoms with Gasteiger partial charge in [0.05, 0.1) is 6.07 Å². The van der Waals surface area contributed by atoms with Gasteiger partial charge < -0.3 is 19.5 Å². The lowest BCUT2D eigenvalue weighted by Crippen LogP contribution is -2.46. The van der Waals surface area contributed by atoms with Crippen molar-refractivity contribution in [3.8, 4) is 22.5 Å². The molecule has 0 spiro atoms. The van der Waals surface area contributed by atoms with Crippen molar-refractivity contribution in [2.75, 3.05) is 57.3 Å². The summed E-state index contributed by atoms with van der Waals surface area (Å²) >= 11 is 0. The van der Waals surface area contributed by atoms with Gasteiger partial charge in [-0.05, 0) is 57.5 Å². The van der Waals surface area contributed by atoms with Crippen molar-refractivity contribution in [2.45, 2.75) is 27.7 Å². The molecule has 1 fully saturated rings. The van der Waals surface area contributed by atoms with E-state index in [2.05, 4.69) is 85.0 Å². The van der Waals surface area contributed by atoms with Crippen LogP contribution in [0.1, 0.15) is 38.1 Å². The zero-order valence-corrected chi connectivity index (χ0v) is 23.1. The Labute approximate surface area is 225 Å². The molecule has 2 heterocycles. The van der Waals surface area contributed by atoms with Crippen LogP contribution in [0.3, 0.4) is 0 Å². The largest absolute Gasteiger partial charge is 0.456 e. The number of nitrogens with one attached hydrogen (secondary N) is 1. The molecular weight excluding hydrogens is 472 g/mol. The van der Waals surface area contributed by atoms with E-state index in [9.17, 15) is 4.79 Å². The molecule has 2 aliphatic heterocycles. The molecule has 6 nitrogen and oxygen atoms in total. The van der Waals surface area contributed by atoms with Gasteiger partial charge in [0.2, 0.25) is 5.36 Å². The second-order valence-corrected chi connectivity index (χ2v) is 9.77. The van der Waals surface area contributed by atoms with E-state index >= 15 is 0 Å². The molecule has 0 aromatic heterocycles. The first-order valence-electron chi connectivity index (χ1n) is 14.0. The summed E-state index contributed by atoms with van der Waals surface area (Å²) in [6.07, 6.45) is 0. The van der Waals surface area contributed by atoms with Gasteiger partial charge in [0, 0.05) is 79.2 Å². The van der Waals surface area contributed by atoms with E-state index in [1.54, 1.807) is 0 Å². The number of carbonyl (C=O) groups is 1. The smallest absolute Gasteiger partial charge is 0.254 e. The van der Waals surface area contributed by atoms with Gasteiger partial charge in [-0.2, -0.15) is 0 Å². The molecule has 6 heteroatoms. The molecule has 0 radical (unpaired) electrons. The molecule has 2 aromatic carbocycles. The minimum absolute atomic E-state index is 0.0868. The number of amides is 1. The monoisotopic (exact) mass is 511 g/mol. The molecule has 1 saturated heterocycles. The minimum Gasteiger partial charge on any atom is -0.456 e. The van der Waals surface area contributed by atoms with E-state index in [4.69, 9.17) is 4.42 Å². The highest BCUT2D eigenvalue weighted by Crippen LogP contribution is 2.42. The minimum atomic E-state index is 0.0868. The molecule has 38 heavy (non-hydrogen) atoms. The Bertz CT molecular complexity index is 1470. The number of carbonyl (C=O) groups excluding carboxylic acids is 1. The maximum Gasteiger partial charge on any atom is 0.254 e. The molecule has 0 atom stereocenters. The van der Waals surface area contributed by atoms with Crippen LogP contribution in [-0.2, 0) is 0 Å². The number of piperazine rings is 1. The van der Waals surface area contributed by atoms with Gasteiger partial charge in [0.1, 0.15) is 24.4 Å². The van der Waals surface area contributed by atoms with Crippen LogP contribution in [0.25, 0.3) is 33.4 Å². The molecule has 0 bridgehead atoms. The Morgan fingerprint density at radius 1 is 0.921 bits per heavy atom. The van der Waals surface area contributed by atoms with Crippen molar-refractivity contribution >= 4 is 22.6 Å². The number of fused-ring (bicyclic) bond motifs is 2. The van der Waals surface area contributed by atoms with E-state index in [0.29, 0.717) is 0 Å². The lowest BCUT2D eigenvalue weighted by Gasteiger charge is -2.28. The van der Waals surface area contributed by atoms with Crippen LogP contribution in [0.2, 0.25) is 0 Å². The summed E-state index contributed by atoms with van der Waals surface area (Å²) in [5.41, 5.74) is 5.73. The zero-order valence-electron chi connectivity index (χ0n) is 23.1. The van der Waals surface area contributed by atoms with Crippen molar-refractivity contribution < 1.29 is 9.21 Å². The first-order valence-corrected chi connectivity index (χ1v) is 14.0. The summed E-state index contributed by atoms with van der Waals surface area (Å²) in [5, 5.41) is 5.51. The predicted octanol–water partition coefficient (Wildman–Crippen LogP) is 4.91. The quantitative estimate of drug-likeness (QED) is 0.283. The summed E-state index contributed by atoms with van der Waals surface area (Å²) in [6, 6.07) is 21.0. The standard InChI is InChI=1S/C32H39N4O2/c1-5-34(6-2)23-13-15-27-29(21-23)38-30-22-24(35(7-3)8-4)14-16-28(30)31(27)25-11-9-10-12-26(25)32(37)36-19-17-33-18-20-36/h9-16,21-22,33H,5-8,17-20H2,1-4H3/q+1. The third-order valence-electron chi connectivity index (χ3n) is 7.78. The highest BCUT2D eigenvalue weighted by Gasteiger charge is 2.25. The van der Waals surface area contributed by atoms with E-state index in [1.807, 2.05) is 23.1 Å². The summed E-state index contributed by atoms with van der Waals surface area (Å²) in [5.74, 6) is 0.918. The highest BCUT2D eigenvalue weighted by atomic mass is 16.3. The van der Waals surface area contributed by atoms with E-state index in [-0.39, 0.29) is 5.91 Å². The molecular formula is C32H39N4O2+. The van der Waals surface area contributed by atoms with Crippen molar-refractivity contribution in [2.24, 2.45) is 0 Å². The maximum absolute atomic E-state index is 13.8. The fraction of sp³-hybridized carbons (Fsp3) is 0.375. The average Bonchev–Trinajstić information content (AvgIpc) is 2.97. The summed E-state index contributed by atoms with van der Waals surface area (Å²) < 4.78 is 8.95. The lowest BCUT2D eigenvalue weighted by atomic mass is 9.90. The van der Waals surface area contributed by atoms with E-state index in [1.165, 1.54) is 0 Å². The first-order chi connectivity index (χ1) is 18.6. The number of hydrogen-bond acceptors (Lipinski definition) is 4. The lowest BCUT2D eigenvalue weighted by molar-refractivity contribution is 0.0736. The highest BCUT2D eigenvalue weighted by molar-refractivity contribution is 6.09. The molecule has 0 unspecified atom stereocenters. The van der Waals surface area contributed by atoms with Crippen molar-refractivity contribution in [1.82, 2.24) is 14.8 Å². The molecule has 1 aliphatic carbocycles.